The lowest BCUT2D eigenvalue weighted by Gasteiger charge is -2.48. The first-order chi connectivity index (χ1) is 28.9. The van der Waals surface area contributed by atoms with Crippen LogP contribution in [0, 0.1) is 22.7 Å². The first kappa shape index (κ1) is 43.2. The van der Waals surface area contributed by atoms with Crippen molar-refractivity contribution in [1.82, 2.24) is 15.7 Å². The largest absolute Gasteiger partial charge is 0.462 e. The van der Waals surface area contributed by atoms with Gasteiger partial charge in [0.2, 0.25) is 17.9 Å². The number of hydroxylamine groups is 2. The summed E-state index contributed by atoms with van der Waals surface area (Å²) in [5.41, 5.74) is -1.57. The average Bonchev–Trinajstić information content (AvgIpc) is 4.14. The molecule has 0 spiro atoms. The molecule has 2 bridgehead atoms. The first-order valence-electron chi connectivity index (χ1n) is 21.5. The third-order valence-electron chi connectivity index (χ3n) is 12.8. The number of hydrogen-bond donors (Lipinski definition) is 3. The predicted molar refractivity (Wildman–Crippen MR) is 211 cm³/mol. The Morgan fingerprint density at radius 3 is 2.36 bits per heavy atom. The lowest BCUT2D eigenvalue weighted by atomic mass is 9.62. The van der Waals surface area contributed by atoms with Crippen molar-refractivity contribution in [1.29, 1.82) is 0 Å². The molecule has 4 aliphatic heterocycles. The molecule has 0 radical (unpaired) electrons. The average molecular weight is 852 g/mol. The van der Waals surface area contributed by atoms with Crippen LogP contribution in [0.1, 0.15) is 97.1 Å². The highest BCUT2D eigenvalue weighted by molar-refractivity contribution is 5.94. The van der Waals surface area contributed by atoms with Gasteiger partial charge in [0.1, 0.15) is 42.0 Å². The summed E-state index contributed by atoms with van der Waals surface area (Å²) in [6.45, 7) is 8.49. The summed E-state index contributed by atoms with van der Waals surface area (Å²) in [5.74, 6) is -3.82. The van der Waals surface area contributed by atoms with Gasteiger partial charge in [0.15, 0.2) is 11.8 Å². The van der Waals surface area contributed by atoms with E-state index in [0.717, 1.165) is 25.7 Å². The Morgan fingerprint density at radius 1 is 1.00 bits per heavy atom. The Balaban J connectivity index is 0.997. The number of aliphatic hydroxyl groups excluding tert-OH is 1. The Kier molecular flexibility index (Phi) is 11.6. The van der Waals surface area contributed by atoms with Gasteiger partial charge in [-0.2, -0.15) is 5.06 Å². The molecule has 4 heterocycles. The lowest BCUT2D eigenvalue weighted by Crippen LogP contribution is -2.69. The number of hydrogen-bond acceptors (Lipinski definition) is 15. The van der Waals surface area contributed by atoms with Crippen LogP contribution in [-0.2, 0) is 68.6 Å². The standard InChI is InChI=1S/C44H57N3O14/c1-41(2,3)58-32(51)17-15-28(22-48)46-30(49)18-19-45-40(54)43-20-29-33-34(60-44(59-33,26-11-12-26)27-13-14-27)36(43)61-47(35(43)38(52)56-29)21-25-9-7-6-8-24(25)10-16-31(50)57-37-39(53)55-23-42(37,4)5/h6-10,16,26-29,33-37,48H,11-15,17-23H2,1-5H3,(H,45,54)(H,46,49)/t28-,29+,33-,34-,35-,36+,37-,43-/m0/s1. The number of benzene rings is 1. The smallest absolute Gasteiger partial charge is 0.348 e. The van der Waals surface area contributed by atoms with E-state index < -0.39 is 107 Å². The van der Waals surface area contributed by atoms with Crippen molar-refractivity contribution in [3.8, 4) is 0 Å². The van der Waals surface area contributed by atoms with Gasteiger partial charge in [-0.15, -0.1) is 0 Å². The van der Waals surface area contributed by atoms with Gasteiger partial charge in [0.25, 0.3) is 0 Å². The van der Waals surface area contributed by atoms with E-state index in [1.54, 1.807) is 58.9 Å². The molecule has 1 aromatic rings. The number of carbonyl (C=O) groups excluding carboxylic acids is 6. The molecule has 3 saturated carbocycles. The highest BCUT2D eigenvalue weighted by atomic mass is 16.8. The molecular weight excluding hydrogens is 794 g/mol. The molecule has 0 aromatic heterocycles. The van der Waals surface area contributed by atoms with E-state index >= 15 is 0 Å². The van der Waals surface area contributed by atoms with Gasteiger partial charge >= 0.3 is 23.9 Å². The molecule has 4 saturated heterocycles. The van der Waals surface area contributed by atoms with Gasteiger partial charge < -0.3 is 44.2 Å². The van der Waals surface area contributed by atoms with E-state index in [1.165, 1.54) is 11.1 Å². The van der Waals surface area contributed by atoms with Crippen LogP contribution in [0.4, 0.5) is 0 Å². The van der Waals surface area contributed by atoms with E-state index in [1.807, 2.05) is 6.07 Å². The number of rotatable bonds is 16. The number of esters is 4. The normalized spacial score (nSPS) is 31.5. The van der Waals surface area contributed by atoms with Gasteiger partial charge in [-0.05, 0) is 70.1 Å². The first-order valence-corrected chi connectivity index (χ1v) is 21.5. The van der Waals surface area contributed by atoms with E-state index in [0.29, 0.717) is 11.1 Å². The molecule has 2 amide bonds. The monoisotopic (exact) mass is 851 g/mol. The fourth-order valence-corrected chi connectivity index (χ4v) is 9.57. The van der Waals surface area contributed by atoms with E-state index in [9.17, 15) is 33.9 Å². The van der Waals surface area contributed by atoms with Crippen LogP contribution >= 0.6 is 0 Å². The van der Waals surface area contributed by atoms with Gasteiger partial charge in [0, 0.05) is 49.1 Å². The summed E-state index contributed by atoms with van der Waals surface area (Å²) in [5, 5.41) is 17.0. The molecule has 7 aliphatic rings. The van der Waals surface area contributed by atoms with Crippen molar-refractivity contribution >= 4 is 41.8 Å². The second-order valence-electron chi connectivity index (χ2n) is 19.2. The van der Waals surface area contributed by atoms with Crippen molar-refractivity contribution in [3.05, 3.63) is 41.5 Å². The number of ether oxygens (including phenoxy) is 6. The highest BCUT2D eigenvalue weighted by Crippen LogP contribution is 2.63. The number of fused-ring (bicyclic) bond motifs is 4. The van der Waals surface area contributed by atoms with Gasteiger partial charge in [-0.1, -0.05) is 38.1 Å². The molecule has 3 aliphatic carbocycles. The maximum absolute atomic E-state index is 14.7. The van der Waals surface area contributed by atoms with Crippen molar-refractivity contribution < 1.29 is 67.1 Å². The summed E-state index contributed by atoms with van der Waals surface area (Å²) >= 11 is 0. The van der Waals surface area contributed by atoms with Crippen LogP contribution in [0.2, 0.25) is 0 Å². The minimum atomic E-state index is -1.48. The van der Waals surface area contributed by atoms with Crippen LogP contribution in [-0.4, -0.2) is 120 Å². The fraction of sp³-hybridized carbons (Fsp3) is 0.682. The number of nitrogens with one attached hydrogen (secondary N) is 2. The van der Waals surface area contributed by atoms with E-state index in [2.05, 4.69) is 10.6 Å². The molecule has 17 heteroatoms. The topological polar surface area (TPSA) is 215 Å². The Morgan fingerprint density at radius 2 is 1.70 bits per heavy atom. The van der Waals surface area contributed by atoms with Crippen molar-refractivity contribution in [3.63, 3.8) is 0 Å². The molecule has 0 unspecified atom stereocenters. The van der Waals surface area contributed by atoms with Gasteiger partial charge in [0.05, 0.1) is 19.2 Å². The molecule has 8 rings (SSSR count). The Labute approximate surface area is 354 Å². The zero-order valence-corrected chi connectivity index (χ0v) is 35.3. The van der Waals surface area contributed by atoms with Crippen LogP contribution < -0.4 is 10.6 Å². The summed E-state index contributed by atoms with van der Waals surface area (Å²) in [6, 6.07) is 5.28. The zero-order valence-electron chi connectivity index (χ0n) is 35.3. The van der Waals surface area contributed by atoms with E-state index in [-0.39, 0.29) is 57.2 Å². The SMILES string of the molecule is CC(C)(C)OC(=O)CC[C@@H](CO)NC(=O)CCNC(=O)[C@@]12C[C@H]3OC(=O)[C@@H]1N(Cc1ccccc1C=CC(=O)O[C@H]1C(=O)OCC1(C)C)O[C@@H]2[C@H]1OC(C2CC2)(C2CC2)O[C@H]13. The van der Waals surface area contributed by atoms with Gasteiger partial charge in [-0.3, -0.25) is 24.0 Å². The predicted octanol–water partition coefficient (Wildman–Crippen LogP) is 2.40. The molecular formula is C44H57N3O14. The van der Waals surface area contributed by atoms with Crippen LogP contribution in [0.15, 0.2) is 30.3 Å². The van der Waals surface area contributed by atoms with Crippen molar-refractivity contribution in [2.24, 2.45) is 22.7 Å². The fourth-order valence-electron chi connectivity index (χ4n) is 9.57. The summed E-state index contributed by atoms with van der Waals surface area (Å²) in [6.07, 6.45) is 2.56. The van der Waals surface area contributed by atoms with Crippen LogP contribution in [0.5, 0.6) is 0 Å². The molecule has 17 nitrogen and oxygen atoms in total. The summed E-state index contributed by atoms with van der Waals surface area (Å²) in [4.78, 5) is 86.1. The van der Waals surface area contributed by atoms with E-state index in [4.69, 9.17) is 33.3 Å². The minimum absolute atomic E-state index is 0.000486. The number of carbonyl (C=O) groups is 6. The molecule has 332 valence electrons. The maximum atomic E-state index is 14.7. The van der Waals surface area contributed by atoms with Crippen LogP contribution in [0.3, 0.4) is 0 Å². The van der Waals surface area contributed by atoms with Crippen molar-refractivity contribution in [2.45, 2.75) is 147 Å². The minimum Gasteiger partial charge on any atom is -0.462 e. The molecule has 7 fully saturated rings. The van der Waals surface area contributed by atoms with Crippen LogP contribution in [0.25, 0.3) is 6.08 Å². The van der Waals surface area contributed by atoms with Crippen molar-refractivity contribution in [2.75, 3.05) is 19.8 Å². The maximum Gasteiger partial charge on any atom is 0.348 e. The Hall–Kier alpha value is -4.42. The quantitative estimate of drug-likeness (QED) is 0.124. The number of amides is 2. The highest BCUT2D eigenvalue weighted by Gasteiger charge is 2.78. The lowest BCUT2D eigenvalue weighted by molar-refractivity contribution is -0.235. The molecule has 1 aromatic carbocycles. The zero-order chi connectivity index (χ0) is 43.5. The third-order valence-corrected chi connectivity index (χ3v) is 12.8. The summed E-state index contributed by atoms with van der Waals surface area (Å²) in [7, 11) is 0. The molecule has 61 heavy (non-hydrogen) atoms. The molecule has 3 N–H and O–H groups in total. The second kappa shape index (κ2) is 16.4. The summed E-state index contributed by atoms with van der Waals surface area (Å²) < 4.78 is 35.8. The van der Waals surface area contributed by atoms with Gasteiger partial charge in [-0.25, -0.2) is 9.59 Å². The number of aliphatic hydroxyl groups is 1. The number of nitrogens with zero attached hydrogens (tertiary/aromatic N) is 1. The third kappa shape index (κ3) is 8.55. The Bertz CT molecular complexity index is 1940. The second-order valence-corrected chi connectivity index (χ2v) is 19.2. The molecule has 8 atom stereocenters. The number of cyclic esters (lactones) is 1.